The molecule has 1 heterocycles. The fourth-order valence-electron chi connectivity index (χ4n) is 1.87. The minimum absolute atomic E-state index is 0.0531. The molecule has 0 atom stereocenters. The number of rotatable bonds is 4. The summed E-state index contributed by atoms with van der Waals surface area (Å²) >= 11 is 6.09. The van der Waals surface area contributed by atoms with Gasteiger partial charge >= 0.3 is 5.69 Å². The predicted octanol–water partition coefficient (Wildman–Crippen LogP) is 3.69. The minimum atomic E-state index is -0.467. The van der Waals surface area contributed by atoms with Crippen molar-refractivity contribution >= 4 is 17.3 Å². The van der Waals surface area contributed by atoms with E-state index >= 15 is 0 Å². The Balaban J connectivity index is 2.55. The minimum Gasteiger partial charge on any atom is -0.258 e. The first-order valence-corrected chi connectivity index (χ1v) is 6.41. The van der Waals surface area contributed by atoms with Crippen molar-refractivity contribution in [3.05, 3.63) is 50.8 Å². The van der Waals surface area contributed by atoms with Gasteiger partial charge in [-0.25, -0.2) is 4.68 Å². The van der Waals surface area contributed by atoms with Crippen molar-refractivity contribution < 1.29 is 4.92 Å². The number of aromatic nitrogens is 2. The summed E-state index contributed by atoms with van der Waals surface area (Å²) in [6.45, 7) is 3.92. The topological polar surface area (TPSA) is 61.0 Å². The zero-order chi connectivity index (χ0) is 14.0. The van der Waals surface area contributed by atoms with Gasteiger partial charge in [0.1, 0.15) is 5.69 Å². The molecule has 100 valence electrons. The smallest absolute Gasteiger partial charge is 0.258 e. The molecule has 0 unspecified atom stereocenters. The van der Waals surface area contributed by atoms with E-state index in [1.807, 2.05) is 38.1 Å². The molecule has 0 aliphatic heterocycles. The van der Waals surface area contributed by atoms with Gasteiger partial charge in [-0.15, -0.1) is 0 Å². The highest BCUT2D eigenvalue weighted by Gasteiger charge is 2.26. The fourth-order valence-corrected chi connectivity index (χ4v) is 2.19. The number of halogens is 1. The van der Waals surface area contributed by atoms with Gasteiger partial charge in [0.05, 0.1) is 10.6 Å². The summed E-state index contributed by atoms with van der Waals surface area (Å²) in [5, 5.41) is 15.4. The highest BCUT2D eigenvalue weighted by atomic mass is 35.5. The number of aryl methyl sites for hydroxylation is 2. The maximum atomic E-state index is 11.1. The van der Waals surface area contributed by atoms with Crippen LogP contribution < -0.4 is 0 Å². The number of nitrogens with zero attached hydrogens (tertiary/aromatic N) is 3. The van der Waals surface area contributed by atoms with E-state index in [2.05, 4.69) is 5.10 Å². The van der Waals surface area contributed by atoms with Crippen LogP contribution in [0, 0.1) is 17.0 Å². The van der Waals surface area contributed by atoms with Gasteiger partial charge in [0.2, 0.25) is 5.15 Å². The van der Waals surface area contributed by atoms with E-state index in [0.29, 0.717) is 12.1 Å². The van der Waals surface area contributed by atoms with E-state index in [-0.39, 0.29) is 10.8 Å². The molecular formula is C13H14ClN3O2. The normalized spacial score (nSPS) is 10.7. The predicted molar refractivity (Wildman–Crippen MR) is 74.0 cm³/mol. The van der Waals surface area contributed by atoms with Crippen LogP contribution in [0.2, 0.25) is 5.15 Å². The van der Waals surface area contributed by atoms with E-state index in [9.17, 15) is 10.1 Å². The lowest BCUT2D eigenvalue weighted by atomic mass is 10.2. The summed E-state index contributed by atoms with van der Waals surface area (Å²) in [5.41, 5.74) is 2.17. The Labute approximate surface area is 116 Å². The van der Waals surface area contributed by atoms with Crippen molar-refractivity contribution in [1.82, 2.24) is 9.78 Å². The summed E-state index contributed by atoms with van der Waals surface area (Å²) in [6, 6.07) is 7.51. The molecule has 1 aromatic carbocycles. The molecule has 0 bridgehead atoms. The van der Waals surface area contributed by atoms with E-state index in [0.717, 1.165) is 17.7 Å². The van der Waals surface area contributed by atoms with E-state index in [1.54, 1.807) is 0 Å². The molecule has 0 aliphatic rings. The summed E-state index contributed by atoms with van der Waals surface area (Å²) in [6.07, 6.45) is 1.32. The molecule has 19 heavy (non-hydrogen) atoms. The van der Waals surface area contributed by atoms with Gasteiger partial charge in [0.15, 0.2) is 0 Å². The number of benzene rings is 1. The van der Waals surface area contributed by atoms with Gasteiger partial charge < -0.3 is 0 Å². The molecule has 0 aliphatic carbocycles. The molecule has 0 spiro atoms. The Morgan fingerprint density at radius 2 is 2.00 bits per heavy atom. The van der Waals surface area contributed by atoms with Crippen LogP contribution in [-0.4, -0.2) is 14.7 Å². The molecule has 0 saturated heterocycles. The lowest BCUT2D eigenvalue weighted by Gasteiger charge is -2.02. The first-order valence-electron chi connectivity index (χ1n) is 6.03. The zero-order valence-electron chi connectivity index (χ0n) is 10.8. The molecule has 0 radical (unpaired) electrons. The van der Waals surface area contributed by atoms with Crippen molar-refractivity contribution in [1.29, 1.82) is 0 Å². The van der Waals surface area contributed by atoms with Crippen molar-refractivity contribution in [2.75, 3.05) is 0 Å². The summed E-state index contributed by atoms with van der Waals surface area (Å²) < 4.78 is 1.42. The summed E-state index contributed by atoms with van der Waals surface area (Å²) in [4.78, 5) is 10.6. The zero-order valence-corrected chi connectivity index (χ0v) is 11.5. The van der Waals surface area contributed by atoms with Crippen molar-refractivity contribution in [3.8, 4) is 5.69 Å². The Morgan fingerprint density at radius 3 is 2.53 bits per heavy atom. The van der Waals surface area contributed by atoms with E-state index in [4.69, 9.17) is 11.6 Å². The molecule has 2 aromatic rings. The van der Waals surface area contributed by atoms with Crippen LogP contribution in [0.5, 0.6) is 0 Å². The molecule has 2 rings (SSSR count). The first kappa shape index (κ1) is 13.5. The second-order valence-corrected chi connectivity index (χ2v) is 4.70. The molecule has 1 aromatic heterocycles. The summed E-state index contributed by atoms with van der Waals surface area (Å²) in [7, 11) is 0. The molecule has 6 heteroatoms. The van der Waals surface area contributed by atoms with Gasteiger partial charge in [-0.3, -0.25) is 10.1 Å². The maximum absolute atomic E-state index is 11.1. The lowest BCUT2D eigenvalue weighted by Crippen LogP contribution is -1.97. The first-order chi connectivity index (χ1) is 9.04. The second-order valence-electron chi connectivity index (χ2n) is 4.34. The largest absolute Gasteiger partial charge is 0.329 e. The van der Waals surface area contributed by atoms with Crippen LogP contribution in [0.4, 0.5) is 5.69 Å². The van der Waals surface area contributed by atoms with Gasteiger partial charge in [0, 0.05) is 0 Å². The average Bonchev–Trinajstić information content (AvgIpc) is 2.68. The standard InChI is InChI=1S/C13H14ClN3O2/c1-3-4-11-12(17(18)19)13(14)16(15-11)10-7-5-9(2)6-8-10/h5-8H,3-4H2,1-2H3. The third-order valence-corrected chi connectivity index (χ3v) is 3.16. The van der Waals surface area contributed by atoms with E-state index < -0.39 is 4.92 Å². The molecule has 0 amide bonds. The SMILES string of the molecule is CCCc1nn(-c2ccc(C)cc2)c(Cl)c1[N+](=O)[O-]. The monoisotopic (exact) mass is 279 g/mol. The molecule has 5 nitrogen and oxygen atoms in total. The maximum Gasteiger partial charge on any atom is 0.329 e. The van der Waals surface area contributed by atoms with E-state index in [1.165, 1.54) is 4.68 Å². The van der Waals surface area contributed by atoms with Crippen LogP contribution >= 0.6 is 11.6 Å². The Hall–Kier alpha value is -1.88. The van der Waals surface area contributed by atoms with Crippen LogP contribution in [0.25, 0.3) is 5.69 Å². The molecular weight excluding hydrogens is 266 g/mol. The Bertz CT molecular complexity index is 605. The third-order valence-electron chi connectivity index (χ3n) is 2.82. The molecule has 0 saturated carbocycles. The van der Waals surface area contributed by atoms with Gasteiger partial charge in [-0.05, 0) is 25.5 Å². The Kier molecular flexibility index (Phi) is 3.85. The molecule has 0 fully saturated rings. The fraction of sp³-hybridized carbons (Fsp3) is 0.308. The third kappa shape index (κ3) is 2.61. The Morgan fingerprint density at radius 1 is 1.37 bits per heavy atom. The average molecular weight is 280 g/mol. The van der Waals surface area contributed by atoms with Crippen LogP contribution in [0.1, 0.15) is 24.6 Å². The van der Waals surface area contributed by atoms with Crippen LogP contribution in [0.15, 0.2) is 24.3 Å². The van der Waals surface area contributed by atoms with Crippen molar-refractivity contribution in [2.24, 2.45) is 0 Å². The van der Waals surface area contributed by atoms with Gasteiger partial charge in [0.25, 0.3) is 0 Å². The highest BCUT2D eigenvalue weighted by molar-refractivity contribution is 6.32. The lowest BCUT2D eigenvalue weighted by molar-refractivity contribution is -0.385. The summed E-state index contributed by atoms with van der Waals surface area (Å²) in [5.74, 6) is 0. The highest BCUT2D eigenvalue weighted by Crippen LogP contribution is 2.31. The van der Waals surface area contributed by atoms with Crippen molar-refractivity contribution in [2.45, 2.75) is 26.7 Å². The van der Waals surface area contributed by atoms with Gasteiger partial charge in [-0.2, -0.15) is 5.10 Å². The van der Waals surface area contributed by atoms with Crippen molar-refractivity contribution in [3.63, 3.8) is 0 Å². The van der Waals surface area contributed by atoms with Crippen LogP contribution in [-0.2, 0) is 6.42 Å². The quantitative estimate of drug-likeness (QED) is 0.633. The molecule has 0 N–H and O–H groups in total. The second kappa shape index (κ2) is 5.40. The number of hydrogen-bond acceptors (Lipinski definition) is 3. The number of hydrogen-bond donors (Lipinski definition) is 0. The van der Waals surface area contributed by atoms with Gasteiger partial charge in [-0.1, -0.05) is 42.6 Å². The number of nitro groups is 1. The van der Waals surface area contributed by atoms with Crippen LogP contribution in [0.3, 0.4) is 0 Å².